The first kappa shape index (κ1) is 10.4. The topological polar surface area (TPSA) is 57.5 Å². The van der Waals surface area contributed by atoms with Gasteiger partial charge in [0.15, 0.2) is 0 Å². The van der Waals surface area contributed by atoms with Gasteiger partial charge in [0.1, 0.15) is 6.29 Å². The molecule has 0 heterocycles. The third-order valence-electron chi connectivity index (χ3n) is 2.83. The average Bonchev–Trinajstić information content (AvgIpc) is 2.03. The van der Waals surface area contributed by atoms with Crippen molar-refractivity contribution in [3.8, 4) is 0 Å². The summed E-state index contributed by atoms with van der Waals surface area (Å²) < 4.78 is 0. The Hall–Kier alpha value is -0.670. The number of carbonyl (C=O) groups is 1. The van der Waals surface area contributed by atoms with E-state index in [-0.39, 0.29) is 17.9 Å². The largest absolute Gasteiger partial charge is 0.396 e. The maximum Gasteiger partial charge on any atom is 0.148 e. The molecule has 0 fully saturated rings. The van der Waals surface area contributed by atoms with Crippen LogP contribution in [0.2, 0.25) is 0 Å². The van der Waals surface area contributed by atoms with Crippen molar-refractivity contribution in [1.29, 1.82) is 0 Å². The van der Waals surface area contributed by atoms with Crippen molar-refractivity contribution in [1.82, 2.24) is 0 Å². The minimum absolute atomic E-state index is 0.0249. The number of hydrogen-bond acceptors (Lipinski definition) is 3. The lowest BCUT2D eigenvalue weighted by molar-refractivity contribution is -0.106. The van der Waals surface area contributed by atoms with Crippen LogP contribution in [-0.2, 0) is 4.79 Å². The van der Waals surface area contributed by atoms with Crippen LogP contribution in [0.25, 0.3) is 0 Å². The molecule has 2 unspecified atom stereocenters. The van der Waals surface area contributed by atoms with Crippen LogP contribution in [0.15, 0.2) is 11.6 Å². The highest BCUT2D eigenvalue weighted by Crippen LogP contribution is 2.38. The molecule has 2 N–H and O–H groups in total. The van der Waals surface area contributed by atoms with E-state index in [4.69, 9.17) is 5.11 Å². The average molecular weight is 184 g/mol. The fourth-order valence-electron chi connectivity index (χ4n) is 1.75. The second-order valence-electron chi connectivity index (χ2n) is 4.28. The molecule has 0 aliphatic heterocycles. The standard InChI is InChI=1S/C10H16O3/c1-10(2)4-9(13)7(5-11)3-8(10)6-12/h3,5,8-9,12-13H,4,6H2,1-2H3. The van der Waals surface area contributed by atoms with Gasteiger partial charge >= 0.3 is 0 Å². The van der Waals surface area contributed by atoms with Gasteiger partial charge in [0.25, 0.3) is 0 Å². The van der Waals surface area contributed by atoms with Crippen molar-refractivity contribution in [2.45, 2.75) is 26.4 Å². The molecule has 0 bridgehead atoms. The normalized spacial score (nSPS) is 32.5. The third-order valence-corrected chi connectivity index (χ3v) is 2.83. The summed E-state index contributed by atoms with van der Waals surface area (Å²) in [5, 5.41) is 18.6. The highest BCUT2D eigenvalue weighted by atomic mass is 16.3. The van der Waals surface area contributed by atoms with E-state index in [1.54, 1.807) is 6.08 Å². The van der Waals surface area contributed by atoms with E-state index in [9.17, 15) is 9.90 Å². The van der Waals surface area contributed by atoms with Gasteiger partial charge in [0, 0.05) is 18.1 Å². The first-order valence-corrected chi connectivity index (χ1v) is 4.47. The molecule has 0 saturated carbocycles. The maximum absolute atomic E-state index is 10.5. The molecule has 0 aromatic carbocycles. The molecule has 0 radical (unpaired) electrons. The number of rotatable bonds is 2. The van der Waals surface area contributed by atoms with Crippen molar-refractivity contribution >= 4 is 6.29 Å². The lowest BCUT2D eigenvalue weighted by Crippen LogP contribution is -2.36. The maximum atomic E-state index is 10.5. The summed E-state index contributed by atoms with van der Waals surface area (Å²) in [6, 6.07) is 0. The third kappa shape index (κ3) is 1.98. The molecule has 0 saturated heterocycles. The van der Waals surface area contributed by atoms with Gasteiger partial charge in [-0.25, -0.2) is 0 Å². The molecule has 0 aromatic heterocycles. The fourth-order valence-corrected chi connectivity index (χ4v) is 1.75. The highest BCUT2D eigenvalue weighted by molar-refractivity contribution is 5.75. The molecular weight excluding hydrogens is 168 g/mol. The van der Waals surface area contributed by atoms with Crippen molar-refractivity contribution in [3.05, 3.63) is 11.6 Å². The van der Waals surface area contributed by atoms with Crippen LogP contribution >= 0.6 is 0 Å². The molecule has 3 heteroatoms. The highest BCUT2D eigenvalue weighted by Gasteiger charge is 2.35. The van der Waals surface area contributed by atoms with Crippen LogP contribution in [0.1, 0.15) is 20.3 Å². The molecule has 2 atom stereocenters. The first-order chi connectivity index (χ1) is 6.01. The lowest BCUT2D eigenvalue weighted by Gasteiger charge is -2.37. The van der Waals surface area contributed by atoms with Gasteiger partial charge in [-0.1, -0.05) is 19.9 Å². The molecule has 0 aromatic rings. The van der Waals surface area contributed by atoms with Gasteiger partial charge in [-0.15, -0.1) is 0 Å². The molecule has 1 aliphatic carbocycles. The van der Waals surface area contributed by atoms with E-state index < -0.39 is 6.10 Å². The van der Waals surface area contributed by atoms with E-state index in [1.807, 2.05) is 13.8 Å². The number of hydrogen-bond donors (Lipinski definition) is 2. The van der Waals surface area contributed by atoms with Gasteiger partial charge in [0.2, 0.25) is 0 Å². The Morgan fingerprint density at radius 2 is 2.31 bits per heavy atom. The Kier molecular flexibility index (Phi) is 2.88. The molecule has 0 spiro atoms. The van der Waals surface area contributed by atoms with Crippen LogP contribution in [0, 0.1) is 11.3 Å². The van der Waals surface area contributed by atoms with Crippen LogP contribution in [0.4, 0.5) is 0 Å². The Labute approximate surface area is 78.1 Å². The van der Waals surface area contributed by atoms with Gasteiger partial charge in [-0.3, -0.25) is 4.79 Å². The zero-order valence-corrected chi connectivity index (χ0v) is 8.03. The smallest absolute Gasteiger partial charge is 0.148 e. The van der Waals surface area contributed by atoms with Crippen molar-refractivity contribution in [2.75, 3.05) is 6.61 Å². The van der Waals surface area contributed by atoms with E-state index >= 15 is 0 Å². The zero-order chi connectivity index (χ0) is 10.1. The summed E-state index contributed by atoms with van der Waals surface area (Å²) in [6.45, 7) is 3.99. The number of aliphatic hydroxyl groups excluding tert-OH is 2. The summed E-state index contributed by atoms with van der Waals surface area (Å²) >= 11 is 0. The molecule has 1 rings (SSSR count). The van der Waals surface area contributed by atoms with Crippen molar-refractivity contribution < 1.29 is 15.0 Å². The Bertz CT molecular complexity index is 230. The molecule has 3 nitrogen and oxygen atoms in total. The quantitative estimate of drug-likeness (QED) is 0.615. The second kappa shape index (κ2) is 3.60. The summed E-state index contributed by atoms with van der Waals surface area (Å²) in [4.78, 5) is 10.5. The predicted octanol–water partition coefficient (Wildman–Crippen LogP) is 0.511. The summed E-state index contributed by atoms with van der Waals surface area (Å²) in [5.41, 5.74) is 0.263. The Morgan fingerprint density at radius 3 is 2.77 bits per heavy atom. The molecular formula is C10H16O3. The predicted molar refractivity (Wildman–Crippen MR) is 49.1 cm³/mol. The second-order valence-corrected chi connectivity index (χ2v) is 4.28. The summed E-state index contributed by atoms with van der Waals surface area (Å²) in [7, 11) is 0. The van der Waals surface area contributed by atoms with Gasteiger partial charge in [-0.05, 0) is 11.8 Å². The minimum atomic E-state index is -0.671. The fraction of sp³-hybridized carbons (Fsp3) is 0.700. The zero-order valence-electron chi connectivity index (χ0n) is 8.03. The monoisotopic (exact) mass is 184 g/mol. The Morgan fingerprint density at radius 1 is 1.69 bits per heavy atom. The van der Waals surface area contributed by atoms with Crippen molar-refractivity contribution in [3.63, 3.8) is 0 Å². The van der Waals surface area contributed by atoms with E-state index in [2.05, 4.69) is 0 Å². The molecule has 74 valence electrons. The van der Waals surface area contributed by atoms with Crippen LogP contribution in [-0.4, -0.2) is 29.2 Å². The molecule has 13 heavy (non-hydrogen) atoms. The van der Waals surface area contributed by atoms with Gasteiger partial charge in [-0.2, -0.15) is 0 Å². The van der Waals surface area contributed by atoms with E-state index in [0.29, 0.717) is 18.3 Å². The Balaban J connectivity index is 2.93. The first-order valence-electron chi connectivity index (χ1n) is 4.47. The van der Waals surface area contributed by atoms with Crippen LogP contribution in [0.5, 0.6) is 0 Å². The SMILES string of the molecule is CC1(C)CC(O)C(C=O)=CC1CO. The molecule has 0 amide bonds. The van der Waals surface area contributed by atoms with E-state index in [1.165, 1.54) is 0 Å². The van der Waals surface area contributed by atoms with Gasteiger partial charge in [0.05, 0.1) is 6.10 Å². The minimum Gasteiger partial charge on any atom is -0.396 e. The summed E-state index contributed by atoms with van der Waals surface area (Å²) in [5.74, 6) is -0.0314. The molecule has 1 aliphatic rings. The van der Waals surface area contributed by atoms with Crippen LogP contribution < -0.4 is 0 Å². The van der Waals surface area contributed by atoms with Crippen molar-refractivity contribution in [2.24, 2.45) is 11.3 Å². The van der Waals surface area contributed by atoms with E-state index in [0.717, 1.165) is 0 Å². The van der Waals surface area contributed by atoms with Gasteiger partial charge < -0.3 is 10.2 Å². The number of aldehydes is 1. The van der Waals surface area contributed by atoms with Crippen LogP contribution in [0.3, 0.4) is 0 Å². The lowest BCUT2D eigenvalue weighted by atomic mass is 9.69. The number of carbonyl (C=O) groups excluding carboxylic acids is 1. The summed E-state index contributed by atoms with van der Waals surface area (Å²) in [6.07, 6.45) is 2.21. The number of aliphatic hydroxyl groups is 2.